The van der Waals surface area contributed by atoms with Crippen LogP contribution in [0.3, 0.4) is 0 Å². The van der Waals surface area contributed by atoms with Gasteiger partial charge in [-0.1, -0.05) is 17.7 Å². The highest BCUT2D eigenvalue weighted by Crippen LogP contribution is 2.28. The highest BCUT2D eigenvalue weighted by molar-refractivity contribution is 14.1. The number of rotatable bonds is 4. The molecule has 3 N–H and O–H groups in total. The lowest BCUT2D eigenvalue weighted by molar-refractivity contribution is 0.550. The van der Waals surface area contributed by atoms with Crippen LogP contribution in [-0.4, -0.2) is 0 Å². The molecule has 0 amide bonds. The van der Waals surface area contributed by atoms with Crippen LogP contribution in [0.4, 0.5) is 4.39 Å². The van der Waals surface area contributed by atoms with Crippen molar-refractivity contribution in [2.45, 2.75) is 12.5 Å². The van der Waals surface area contributed by atoms with Crippen molar-refractivity contribution in [2.24, 2.45) is 5.84 Å². The summed E-state index contributed by atoms with van der Waals surface area (Å²) >= 11 is 9.54. The Kier molecular flexibility index (Phi) is 4.97. The number of hydrazine groups is 1. The van der Waals surface area contributed by atoms with Crippen molar-refractivity contribution in [3.63, 3.8) is 0 Å². The van der Waals surface area contributed by atoms with Gasteiger partial charge in [0.15, 0.2) is 0 Å². The SMILES string of the molecule is NNC(Cc1ccc(Cl)s1)c1ccc(F)cc1I. The molecular weight excluding hydrogens is 386 g/mol. The molecule has 1 unspecified atom stereocenters. The van der Waals surface area contributed by atoms with Crippen molar-refractivity contribution in [3.8, 4) is 0 Å². The van der Waals surface area contributed by atoms with E-state index in [-0.39, 0.29) is 11.9 Å². The Morgan fingerprint density at radius 2 is 2.17 bits per heavy atom. The van der Waals surface area contributed by atoms with E-state index in [4.69, 9.17) is 17.4 Å². The molecule has 1 aromatic heterocycles. The first-order chi connectivity index (χ1) is 8.60. The van der Waals surface area contributed by atoms with Gasteiger partial charge in [-0.05, 0) is 52.4 Å². The van der Waals surface area contributed by atoms with Gasteiger partial charge in [0.1, 0.15) is 5.82 Å². The van der Waals surface area contributed by atoms with Gasteiger partial charge in [-0.3, -0.25) is 11.3 Å². The van der Waals surface area contributed by atoms with E-state index in [1.165, 1.54) is 23.5 Å². The number of nitrogens with two attached hydrogens (primary N) is 1. The summed E-state index contributed by atoms with van der Waals surface area (Å²) < 4.78 is 14.7. The standard InChI is InChI=1S/C12H11ClFIN2S/c13-12-4-2-8(18-12)6-11(17-16)9-3-1-7(14)5-10(9)15/h1-5,11,17H,6,16H2. The number of thiophene rings is 1. The first kappa shape index (κ1) is 14.2. The third-order valence-corrected chi connectivity index (χ3v) is 4.76. The molecule has 0 saturated carbocycles. The maximum atomic E-state index is 13.1. The van der Waals surface area contributed by atoms with Crippen LogP contribution in [0.2, 0.25) is 4.34 Å². The fourth-order valence-electron chi connectivity index (χ4n) is 1.71. The van der Waals surface area contributed by atoms with Gasteiger partial charge in [-0.2, -0.15) is 0 Å². The summed E-state index contributed by atoms with van der Waals surface area (Å²) in [6, 6.07) is 8.51. The molecule has 0 fully saturated rings. The molecular formula is C12H11ClFIN2S. The van der Waals surface area contributed by atoms with Crippen molar-refractivity contribution in [2.75, 3.05) is 0 Å². The number of hydrogen-bond donors (Lipinski definition) is 2. The Hall–Kier alpha value is -0.210. The largest absolute Gasteiger partial charge is 0.271 e. The van der Waals surface area contributed by atoms with E-state index in [9.17, 15) is 4.39 Å². The first-order valence-electron chi connectivity index (χ1n) is 5.25. The molecule has 2 nitrogen and oxygen atoms in total. The molecule has 1 atom stereocenters. The Balaban J connectivity index is 2.22. The van der Waals surface area contributed by atoms with Crippen LogP contribution in [0.15, 0.2) is 30.3 Å². The maximum absolute atomic E-state index is 13.1. The minimum atomic E-state index is -0.238. The molecule has 6 heteroatoms. The number of hydrogen-bond acceptors (Lipinski definition) is 3. The molecule has 1 heterocycles. The minimum absolute atomic E-state index is 0.0489. The zero-order valence-corrected chi connectivity index (χ0v) is 13.0. The van der Waals surface area contributed by atoms with Crippen molar-refractivity contribution >= 4 is 45.5 Å². The van der Waals surface area contributed by atoms with Gasteiger partial charge in [0.2, 0.25) is 0 Å². The second-order valence-electron chi connectivity index (χ2n) is 3.80. The van der Waals surface area contributed by atoms with Crippen LogP contribution >= 0.6 is 45.5 Å². The smallest absolute Gasteiger partial charge is 0.124 e. The molecule has 1 aromatic carbocycles. The molecule has 2 aromatic rings. The van der Waals surface area contributed by atoms with E-state index in [0.717, 1.165) is 24.8 Å². The van der Waals surface area contributed by atoms with E-state index in [1.807, 2.05) is 12.1 Å². The molecule has 0 radical (unpaired) electrons. The molecule has 0 aliphatic rings. The van der Waals surface area contributed by atoms with Crippen LogP contribution in [0.5, 0.6) is 0 Å². The topological polar surface area (TPSA) is 38.0 Å². The van der Waals surface area contributed by atoms with Gasteiger partial charge in [0.25, 0.3) is 0 Å². The number of nitrogens with one attached hydrogen (secondary N) is 1. The second-order valence-corrected chi connectivity index (χ2v) is 6.76. The molecule has 0 spiro atoms. The van der Waals surface area contributed by atoms with Crippen molar-refractivity contribution in [3.05, 3.63) is 54.5 Å². The third-order valence-electron chi connectivity index (χ3n) is 2.57. The average molecular weight is 397 g/mol. The van der Waals surface area contributed by atoms with Gasteiger partial charge in [0, 0.05) is 14.9 Å². The fraction of sp³-hybridized carbons (Fsp3) is 0.167. The maximum Gasteiger partial charge on any atom is 0.124 e. The molecule has 0 aliphatic carbocycles. The normalized spacial score (nSPS) is 12.7. The Bertz CT molecular complexity index is 547. The van der Waals surface area contributed by atoms with E-state index < -0.39 is 0 Å². The highest BCUT2D eigenvalue weighted by atomic mass is 127. The van der Waals surface area contributed by atoms with E-state index >= 15 is 0 Å². The molecule has 18 heavy (non-hydrogen) atoms. The monoisotopic (exact) mass is 396 g/mol. The lowest BCUT2D eigenvalue weighted by Gasteiger charge is -2.17. The van der Waals surface area contributed by atoms with Crippen LogP contribution < -0.4 is 11.3 Å². The predicted octanol–water partition coefficient (Wildman–Crippen LogP) is 3.89. The van der Waals surface area contributed by atoms with Gasteiger partial charge >= 0.3 is 0 Å². The van der Waals surface area contributed by atoms with Gasteiger partial charge < -0.3 is 0 Å². The van der Waals surface area contributed by atoms with E-state index in [1.54, 1.807) is 6.07 Å². The van der Waals surface area contributed by atoms with Crippen LogP contribution in [0, 0.1) is 9.39 Å². The Morgan fingerprint density at radius 3 is 2.72 bits per heavy atom. The zero-order chi connectivity index (χ0) is 13.1. The summed E-state index contributed by atoms with van der Waals surface area (Å²) in [7, 11) is 0. The van der Waals surface area contributed by atoms with Gasteiger partial charge in [0.05, 0.1) is 10.4 Å². The summed E-state index contributed by atoms with van der Waals surface area (Å²) in [4.78, 5) is 1.14. The van der Waals surface area contributed by atoms with Crippen LogP contribution in [-0.2, 0) is 6.42 Å². The molecule has 2 rings (SSSR count). The Labute approximate surface area is 127 Å². The first-order valence-corrected chi connectivity index (χ1v) is 7.52. The lowest BCUT2D eigenvalue weighted by atomic mass is 10.0. The molecule has 0 saturated heterocycles. The summed E-state index contributed by atoms with van der Waals surface area (Å²) in [6.45, 7) is 0. The molecule has 0 bridgehead atoms. The highest BCUT2D eigenvalue weighted by Gasteiger charge is 2.15. The minimum Gasteiger partial charge on any atom is -0.271 e. The van der Waals surface area contributed by atoms with E-state index in [2.05, 4.69) is 28.0 Å². The fourth-order valence-corrected chi connectivity index (χ4v) is 3.69. The third kappa shape index (κ3) is 3.42. The van der Waals surface area contributed by atoms with Gasteiger partial charge in [-0.25, -0.2) is 4.39 Å². The quantitative estimate of drug-likeness (QED) is 0.467. The van der Waals surface area contributed by atoms with Crippen molar-refractivity contribution < 1.29 is 4.39 Å². The summed E-state index contributed by atoms with van der Waals surface area (Å²) in [6.07, 6.45) is 0.732. The molecule has 0 aliphatic heterocycles. The molecule has 96 valence electrons. The summed E-state index contributed by atoms with van der Waals surface area (Å²) in [5.41, 5.74) is 3.76. The lowest BCUT2D eigenvalue weighted by Crippen LogP contribution is -2.30. The number of halogens is 3. The Morgan fingerprint density at radius 1 is 1.39 bits per heavy atom. The van der Waals surface area contributed by atoms with Crippen molar-refractivity contribution in [1.82, 2.24) is 5.43 Å². The van der Waals surface area contributed by atoms with Crippen molar-refractivity contribution in [1.29, 1.82) is 0 Å². The van der Waals surface area contributed by atoms with Crippen LogP contribution in [0.25, 0.3) is 0 Å². The second kappa shape index (κ2) is 6.29. The summed E-state index contributed by atoms with van der Waals surface area (Å²) in [5, 5.41) is 0. The number of benzene rings is 1. The zero-order valence-electron chi connectivity index (χ0n) is 9.29. The van der Waals surface area contributed by atoms with E-state index in [0.29, 0.717) is 0 Å². The predicted molar refractivity (Wildman–Crippen MR) is 82.2 cm³/mol. The van der Waals surface area contributed by atoms with Gasteiger partial charge in [-0.15, -0.1) is 11.3 Å². The average Bonchev–Trinajstić information content (AvgIpc) is 2.72. The summed E-state index contributed by atoms with van der Waals surface area (Å²) in [5.74, 6) is 5.35. The van der Waals surface area contributed by atoms with Crippen LogP contribution in [0.1, 0.15) is 16.5 Å².